The van der Waals surface area contributed by atoms with Crippen LogP contribution in [0.5, 0.6) is 0 Å². The molecule has 1 aliphatic rings. The first-order chi connectivity index (χ1) is 8.67. The topological polar surface area (TPSA) is 74.6 Å². The van der Waals surface area contributed by atoms with Crippen molar-refractivity contribution >= 4 is 11.6 Å². The van der Waals surface area contributed by atoms with Crippen molar-refractivity contribution in [2.24, 2.45) is 5.41 Å². The standard InChI is InChI=1S/C14H24O4/c15-10-14(11-16)12(17)8-6-4-2-1-3-5-7-9-13(14)18/h15-16H,1-11H2. The van der Waals surface area contributed by atoms with Gasteiger partial charge in [0.05, 0.1) is 13.2 Å². The molecule has 104 valence electrons. The van der Waals surface area contributed by atoms with E-state index in [2.05, 4.69) is 0 Å². The highest BCUT2D eigenvalue weighted by Gasteiger charge is 2.43. The lowest BCUT2D eigenvalue weighted by atomic mass is 9.76. The second-order valence-corrected chi connectivity index (χ2v) is 5.22. The number of aliphatic hydroxyl groups is 2. The fourth-order valence-electron chi connectivity index (χ4n) is 2.49. The summed E-state index contributed by atoms with van der Waals surface area (Å²) < 4.78 is 0. The largest absolute Gasteiger partial charge is 0.395 e. The van der Waals surface area contributed by atoms with Crippen molar-refractivity contribution in [3.63, 3.8) is 0 Å². The van der Waals surface area contributed by atoms with E-state index in [1.165, 1.54) is 0 Å². The van der Waals surface area contributed by atoms with E-state index in [-0.39, 0.29) is 24.4 Å². The van der Waals surface area contributed by atoms with E-state index in [1.807, 2.05) is 0 Å². The monoisotopic (exact) mass is 256 g/mol. The van der Waals surface area contributed by atoms with Crippen LogP contribution in [0.3, 0.4) is 0 Å². The van der Waals surface area contributed by atoms with E-state index in [1.54, 1.807) is 0 Å². The fourth-order valence-corrected chi connectivity index (χ4v) is 2.49. The van der Waals surface area contributed by atoms with Gasteiger partial charge in [-0.05, 0) is 12.8 Å². The number of aliphatic hydroxyl groups excluding tert-OH is 2. The molecule has 4 heteroatoms. The van der Waals surface area contributed by atoms with Crippen molar-refractivity contribution in [2.45, 2.75) is 57.8 Å². The molecule has 0 saturated heterocycles. The number of hydrogen-bond donors (Lipinski definition) is 2. The van der Waals surface area contributed by atoms with Crippen LogP contribution in [0.2, 0.25) is 0 Å². The summed E-state index contributed by atoms with van der Waals surface area (Å²) in [6.07, 6.45) is 7.41. The predicted octanol–water partition coefficient (Wildman–Crippen LogP) is 1.62. The Morgan fingerprint density at radius 2 is 1.06 bits per heavy atom. The first kappa shape index (κ1) is 15.3. The number of ketones is 2. The summed E-state index contributed by atoms with van der Waals surface area (Å²) in [5.74, 6) is -0.587. The first-order valence-electron chi connectivity index (χ1n) is 6.95. The number of Topliss-reactive ketones (excluding diaryl/α,β-unsaturated/α-hetero) is 2. The van der Waals surface area contributed by atoms with E-state index >= 15 is 0 Å². The van der Waals surface area contributed by atoms with Crippen LogP contribution >= 0.6 is 0 Å². The normalized spacial score (nSPS) is 23.2. The summed E-state index contributed by atoms with van der Waals surface area (Å²) >= 11 is 0. The highest BCUT2D eigenvalue weighted by atomic mass is 16.3. The van der Waals surface area contributed by atoms with Gasteiger partial charge in [-0.25, -0.2) is 0 Å². The van der Waals surface area contributed by atoms with E-state index in [0.29, 0.717) is 0 Å². The van der Waals surface area contributed by atoms with Crippen molar-refractivity contribution in [1.82, 2.24) is 0 Å². The maximum atomic E-state index is 12.1. The Balaban J connectivity index is 2.78. The number of hydrogen-bond acceptors (Lipinski definition) is 4. The molecule has 4 nitrogen and oxygen atoms in total. The van der Waals surface area contributed by atoms with E-state index < -0.39 is 18.6 Å². The molecular weight excluding hydrogens is 232 g/mol. The molecular formula is C14H24O4. The Kier molecular flexibility index (Phi) is 6.50. The molecule has 0 radical (unpaired) electrons. The van der Waals surface area contributed by atoms with Gasteiger partial charge in [-0.1, -0.05) is 32.1 Å². The van der Waals surface area contributed by atoms with Crippen LogP contribution in [-0.2, 0) is 9.59 Å². The third-order valence-electron chi connectivity index (χ3n) is 3.92. The minimum absolute atomic E-state index is 0.285. The van der Waals surface area contributed by atoms with Crippen LogP contribution in [0.4, 0.5) is 0 Å². The van der Waals surface area contributed by atoms with Crippen LogP contribution < -0.4 is 0 Å². The summed E-state index contributed by atoms with van der Waals surface area (Å²) in [6, 6.07) is 0. The number of carbonyl (C=O) groups is 2. The average Bonchev–Trinajstić information content (AvgIpc) is 2.37. The van der Waals surface area contributed by atoms with Crippen LogP contribution in [0.1, 0.15) is 57.8 Å². The summed E-state index contributed by atoms with van der Waals surface area (Å²) in [5, 5.41) is 18.8. The van der Waals surface area contributed by atoms with Crippen LogP contribution in [-0.4, -0.2) is 35.0 Å². The van der Waals surface area contributed by atoms with Crippen molar-refractivity contribution in [3.05, 3.63) is 0 Å². The molecule has 0 spiro atoms. The average molecular weight is 256 g/mol. The maximum absolute atomic E-state index is 12.1. The predicted molar refractivity (Wildman–Crippen MR) is 68.2 cm³/mol. The fraction of sp³-hybridized carbons (Fsp3) is 0.857. The summed E-state index contributed by atoms with van der Waals surface area (Å²) in [7, 11) is 0. The maximum Gasteiger partial charge on any atom is 0.151 e. The molecule has 0 aromatic heterocycles. The molecule has 0 aliphatic heterocycles. The second-order valence-electron chi connectivity index (χ2n) is 5.22. The molecule has 0 bridgehead atoms. The van der Waals surface area contributed by atoms with Crippen molar-refractivity contribution in [2.75, 3.05) is 13.2 Å². The minimum Gasteiger partial charge on any atom is -0.395 e. The lowest BCUT2D eigenvalue weighted by Crippen LogP contribution is -2.46. The van der Waals surface area contributed by atoms with Gasteiger partial charge in [0.1, 0.15) is 5.41 Å². The third kappa shape index (κ3) is 3.62. The van der Waals surface area contributed by atoms with E-state index in [9.17, 15) is 19.8 Å². The third-order valence-corrected chi connectivity index (χ3v) is 3.92. The molecule has 1 saturated carbocycles. The molecule has 2 N–H and O–H groups in total. The van der Waals surface area contributed by atoms with Gasteiger partial charge in [-0.3, -0.25) is 9.59 Å². The van der Waals surface area contributed by atoms with Crippen molar-refractivity contribution in [3.8, 4) is 0 Å². The molecule has 18 heavy (non-hydrogen) atoms. The lowest BCUT2D eigenvalue weighted by molar-refractivity contribution is -0.147. The molecule has 1 fully saturated rings. The van der Waals surface area contributed by atoms with E-state index in [4.69, 9.17) is 0 Å². The molecule has 0 aromatic rings. The molecule has 1 aliphatic carbocycles. The molecule has 1 rings (SSSR count). The molecule has 0 amide bonds. The molecule has 0 aromatic carbocycles. The Labute approximate surface area is 108 Å². The van der Waals surface area contributed by atoms with Crippen molar-refractivity contribution < 1.29 is 19.8 Å². The van der Waals surface area contributed by atoms with Crippen LogP contribution in [0.25, 0.3) is 0 Å². The Bertz CT molecular complexity index is 258. The van der Waals surface area contributed by atoms with Crippen molar-refractivity contribution in [1.29, 1.82) is 0 Å². The first-order valence-corrected chi connectivity index (χ1v) is 6.95. The highest BCUT2D eigenvalue weighted by Crippen LogP contribution is 2.26. The Morgan fingerprint density at radius 1 is 0.722 bits per heavy atom. The highest BCUT2D eigenvalue weighted by molar-refractivity contribution is 6.07. The van der Waals surface area contributed by atoms with Gasteiger partial charge < -0.3 is 10.2 Å². The summed E-state index contributed by atoms with van der Waals surface area (Å²) in [4.78, 5) is 24.2. The van der Waals surface area contributed by atoms with Gasteiger partial charge in [0.25, 0.3) is 0 Å². The zero-order chi connectivity index (χ0) is 13.4. The zero-order valence-electron chi connectivity index (χ0n) is 11.0. The van der Waals surface area contributed by atoms with Gasteiger partial charge in [-0.15, -0.1) is 0 Å². The van der Waals surface area contributed by atoms with Gasteiger partial charge in [-0.2, -0.15) is 0 Å². The quantitative estimate of drug-likeness (QED) is 0.736. The zero-order valence-corrected chi connectivity index (χ0v) is 11.0. The number of carbonyl (C=O) groups excluding carboxylic acids is 2. The summed E-state index contributed by atoms with van der Waals surface area (Å²) in [5.41, 5.74) is -1.54. The van der Waals surface area contributed by atoms with Gasteiger partial charge in [0, 0.05) is 12.8 Å². The van der Waals surface area contributed by atoms with Gasteiger partial charge in [0.2, 0.25) is 0 Å². The lowest BCUT2D eigenvalue weighted by Gasteiger charge is -2.27. The van der Waals surface area contributed by atoms with Crippen LogP contribution in [0, 0.1) is 5.41 Å². The Hall–Kier alpha value is -0.740. The smallest absolute Gasteiger partial charge is 0.151 e. The molecule has 0 heterocycles. The van der Waals surface area contributed by atoms with Crippen LogP contribution in [0.15, 0.2) is 0 Å². The van der Waals surface area contributed by atoms with E-state index in [0.717, 1.165) is 44.9 Å². The summed E-state index contributed by atoms with van der Waals surface area (Å²) in [6.45, 7) is -1.14. The Morgan fingerprint density at radius 3 is 1.39 bits per heavy atom. The van der Waals surface area contributed by atoms with Gasteiger partial charge in [0.15, 0.2) is 11.6 Å². The number of rotatable bonds is 2. The second kappa shape index (κ2) is 7.64. The SMILES string of the molecule is O=C1CCCCCCCCCC(=O)C1(CO)CO. The minimum atomic E-state index is -1.54. The molecule has 0 atom stereocenters. The molecule has 0 unspecified atom stereocenters. The van der Waals surface area contributed by atoms with Gasteiger partial charge >= 0.3 is 0 Å².